The number of nitrogens with zero attached hydrogens (tertiary/aromatic N) is 2. The molecule has 0 atom stereocenters. The molecule has 1 aromatic heterocycles. The second kappa shape index (κ2) is 6.16. The normalized spacial score (nSPS) is 10.8. The molecule has 0 fully saturated rings. The van der Waals surface area contributed by atoms with Gasteiger partial charge in [0.05, 0.1) is 10.4 Å². The van der Waals surface area contributed by atoms with Crippen LogP contribution in [-0.2, 0) is 6.54 Å². The first-order valence-electron chi connectivity index (χ1n) is 7.66. The van der Waals surface area contributed by atoms with Gasteiger partial charge in [-0.05, 0) is 37.6 Å². The van der Waals surface area contributed by atoms with Gasteiger partial charge in [-0.15, -0.1) is 0 Å². The van der Waals surface area contributed by atoms with Gasteiger partial charge in [-0.1, -0.05) is 30.3 Å². The number of aromatic nitrogens is 1. The Labute approximate surface area is 138 Å². The maximum atomic E-state index is 12.6. The molecule has 0 saturated carbocycles. The quantitative estimate of drug-likeness (QED) is 0.582. The van der Waals surface area contributed by atoms with Crippen LogP contribution in [0.5, 0.6) is 0 Å². The molecule has 2 aromatic carbocycles. The molecule has 24 heavy (non-hydrogen) atoms. The van der Waals surface area contributed by atoms with Crippen LogP contribution in [0.1, 0.15) is 12.5 Å². The number of benzene rings is 2. The minimum Gasteiger partial charge on any atom is -0.349 e. The van der Waals surface area contributed by atoms with Crippen LogP contribution in [0.3, 0.4) is 0 Å². The minimum absolute atomic E-state index is 0.232. The van der Waals surface area contributed by atoms with Crippen LogP contribution in [0, 0.1) is 17.0 Å². The Morgan fingerprint density at radius 3 is 2.58 bits per heavy atom. The van der Waals surface area contributed by atoms with E-state index in [4.69, 9.17) is 0 Å². The highest BCUT2D eigenvalue weighted by molar-refractivity contribution is 5.97. The SMILES string of the molecule is CCn1c(=O)c([N+](=O)[O-])c(Nc2cccc(C)c2)c2ccccc21. The van der Waals surface area contributed by atoms with E-state index in [1.807, 2.05) is 37.3 Å². The lowest BCUT2D eigenvalue weighted by Crippen LogP contribution is -2.23. The summed E-state index contributed by atoms with van der Waals surface area (Å²) in [6, 6.07) is 14.7. The molecule has 6 heteroatoms. The fraction of sp³-hybridized carbons (Fsp3) is 0.167. The van der Waals surface area contributed by atoms with Crippen molar-refractivity contribution < 1.29 is 4.92 Å². The Balaban J connectivity index is 2.35. The van der Waals surface area contributed by atoms with Crippen molar-refractivity contribution in [1.29, 1.82) is 0 Å². The Morgan fingerprint density at radius 2 is 1.92 bits per heavy atom. The van der Waals surface area contributed by atoms with E-state index in [2.05, 4.69) is 5.32 Å². The zero-order valence-electron chi connectivity index (χ0n) is 13.4. The summed E-state index contributed by atoms with van der Waals surface area (Å²) in [5.74, 6) is 0. The molecule has 3 aromatic rings. The molecule has 0 amide bonds. The number of nitro groups is 1. The summed E-state index contributed by atoms with van der Waals surface area (Å²) in [5.41, 5.74) is 1.60. The van der Waals surface area contributed by atoms with Gasteiger partial charge in [-0.2, -0.15) is 0 Å². The smallest absolute Gasteiger partial charge is 0.349 e. The lowest BCUT2D eigenvalue weighted by Gasteiger charge is -2.14. The Kier molecular flexibility index (Phi) is 4.04. The fourth-order valence-electron chi connectivity index (χ4n) is 2.87. The summed E-state index contributed by atoms with van der Waals surface area (Å²) in [4.78, 5) is 23.6. The molecule has 3 rings (SSSR count). The third-order valence-electron chi connectivity index (χ3n) is 3.93. The zero-order valence-corrected chi connectivity index (χ0v) is 13.4. The summed E-state index contributed by atoms with van der Waals surface area (Å²) in [7, 11) is 0. The number of pyridine rings is 1. The predicted molar refractivity (Wildman–Crippen MR) is 95.0 cm³/mol. The van der Waals surface area contributed by atoms with Gasteiger partial charge in [0, 0.05) is 17.6 Å². The second-order valence-electron chi connectivity index (χ2n) is 5.54. The maximum Gasteiger partial charge on any atom is 0.357 e. The van der Waals surface area contributed by atoms with Gasteiger partial charge < -0.3 is 9.88 Å². The molecule has 0 aliphatic heterocycles. The Hall–Kier alpha value is -3.15. The van der Waals surface area contributed by atoms with Crippen molar-refractivity contribution in [2.45, 2.75) is 20.4 Å². The minimum atomic E-state index is -0.612. The molecule has 0 spiro atoms. The zero-order chi connectivity index (χ0) is 17.3. The summed E-state index contributed by atoms with van der Waals surface area (Å²) >= 11 is 0. The Morgan fingerprint density at radius 1 is 1.17 bits per heavy atom. The van der Waals surface area contributed by atoms with Crippen molar-refractivity contribution in [2.75, 3.05) is 5.32 Å². The highest BCUT2D eigenvalue weighted by Crippen LogP contribution is 2.32. The number of fused-ring (bicyclic) bond motifs is 1. The molecule has 1 N–H and O–H groups in total. The molecule has 0 aliphatic rings. The number of aryl methyl sites for hydroxylation is 2. The number of hydrogen-bond acceptors (Lipinski definition) is 4. The van der Waals surface area contributed by atoms with E-state index in [-0.39, 0.29) is 5.69 Å². The van der Waals surface area contributed by atoms with Gasteiger partial charge in [0.15, 0.2) is 0 Å². The first-order chi connectivity index (χ1) is 11.5. The van der Waals surface area contributed by atoms with Crippen molar-refractivity contribution in [1.82, 2.24) is 4.57 Å². The summed E-state index contributed by atoms with van der Waals surface area (Å²) in [6.07, 6.45) is 0. The number of anilines is 2. The Bertz CT molecular complexity index is 992. The lowest BCUT2D eigenvalue weighted by molar-refractivity contribution is -0.385. The topological polar surface area (TPSA) is 77.2 Å². The average Bonchev–Trinajstić information content (AvgIpc) is 2.55. The van der Waals surface area contributed by atoms with Crippen LogP contribution < -0.4 is 10.9 Å². The van der Waals surface area contributed by atoms with Gasteiger partial charge in [-0.25, -0.2) is 0 Å². The summed E-state index contributed by atoms with van der Waals surface area (Å²) < 4.78 is 1.43. The second-order valence-corrected chi connectivity index (χ2v) is 5.54. The van der Waals surface area contributed by atoms with Gasteiger partial charge in [-0.3, -0.25) is 14.9 Å². The van der Waals surface area contributed by atoms with Crippen molar-refractivity contribution in [3.05, 3.63) is 74.6 Å². The van der Waals surface area contributed by atoms with Crippen LogP contribution >= 0.6 is 0 Å². The van der Waals surface area contributed by atoms with E-state index in [0.717, 1.165) is 5.56 Å². The summed E-state index contributed by atoms with van der Waals surface area (Å²) in [6.45, 7) is 4.10. The predicted octanol–water partition coefficient (Wildman–Crippen LogP) is 3.98. The van der Waals surface area contributed by atoms with E-state index in [1.165, 1.54) is 4.57 Å². The van der Waals surface area contributed by atoms with Crippen molar-refractivity contribution in [2.24, 2.45) is 0 Å². The molecular formula is C18H17N3O3. The van der Waals surface area contributed by atoms with Gasteiger partial charge >= 0.3 is 11.2 Å². The summed E-state index contributed by atoms with van der Waals surface area (Å²) in [5, 5.41) is 15.3. The molecule has 6 nitrogen and oxygen atoms in total. The highest BCUT2D eigenvalue weighted by Gasteiger charge is 2.25. The lowest BCUT2D eigenvalue weighted by atomic mass is 10.1. The molecule has 0 bridgehead atoms. The molecule has 0 saturated heterocycles. The molecule has 122 valence electrons. The van der Waals surface area contributed by atoms with E-state index in [0.29, 0.717) is 23.1 Å². The van der Waals surface area contributed by atoms with E-state index < -0.39 is 16.2 Å². The molecule has 0 aliphatic carbocycles. The number of para-hydroxylation sites is 1. The maximum absolute atomic E-state index is 12.6. The van der Waals surface area contributed by atoms with Crippen LogP contribution in [-0.4, -0.2) is 9.49 Å². The van der Waals surface area contributed by atoms with Crippen molar-refractivity contribution in [3.63, 3.8) is 0 Å². The molecule has 0 radical (unpaired) electrons. The van der Waals surface area contributed by atoms with E-state index in [9.17, 15) is 14.9 Å². The van der Waals surface area contributed by atoms with E-state index >= 15 is 0 Å². The molecule has 0 unspecified atom stereocenters. The molecular weight excluding hydrogens is 306 g/mol. The monoisotopic (exact) mass is 323 g/mol. The first kappa shape index (κ1) is 15.7. The van der Waals surface area contributed by atoms with Crippen molar-refractivity contribution in [3.8, 4) is 0 Å². The fourth-order valence-corrected chi connectivity index (χ4v) is 2.87. The standard InChI is InChI=1S/C18H17N3O3/c1-3-20-15-10-5-4-9-14(15)16(17(18(20)22)21(23)24)19-13-8-6-7-12(2)11-13/h4-11,19H,3H2,1-2H3. The van der Waals surface area contributed by atoms with Crippen LogP contribution in [0.2, 0.25) is 0 Å². The number of rotatable bonds is 4. The van der Waals surface area contributed by atoms with E-state index in [1.54, 1.807) is 25.1 Å². The number of nitrogens with one attached hydrogen (secondary N) is 1. The third-order valence-corrected chi connectivity index (χ3v) is 3.93. The molecule has 1 heterocycles. The largest absolute Gasteiger partial charge is 0.357 e. The van der Waals surface area contributed by atoms with Gasteiger partial charge in [0.25, 0.3) is 0 Å². The van der Waals surface area contributed by atoms with Gasteiger partial charge in [0.2, 0.25) is 0 Å². The first-order valence-corrected chi connectivity index (χ1v) is 7.66. The average molecular weight is 323 g/mol. The van der Waals surface area contributed by atoms with Crippen molar-refractivity contribution >= 4 is 28.0 Å². The van der Waals surface area contributed by atoms with Crippen LogP contribution in [0.25, 0.3) is 10.9 Å². The number of hydrogen-bond donors (Lipinski definition) is 1. The highest BCUT2D eigenvalue weighted by atomic mass is 16.6. The van der Waals surface area contributed by atoms with Crippen LogP contribution in [0.4, 0.5) is 17.1 Å². The van der Waals surface area contributed by atoms with Crippen LogP contribution in [0.15, 0.2) is 53.3 Å². The van der Waals surface area contributed by atoms with Gasteiger partial charge in [0.1, 0.15) is 5.69 Å². The third kappa shape index (κ3) is 2.62.